The third kappa shape index (κ3) is 4.37. The zero-order valence-electron chi connectivity index (χ0n) is 19.0. The van der Waals surface area contributed by atoms with E-state index in [-0.39, 0.29) is 17.0 Å². The predicted molar refractivity (Wildman–Crippen MR) is 125 cm³/mol. The van der Waals surface area contributed by atoms with E-state index in [1.165, 1.54) is 25.3 Å². The molecule has 3 aromatic rings. The first-order chi connectivity index (χ1) is 15.4. The van der Waals surface area contributed by atoms with E-state index in [0.29, 0.717) is 17.6 Å². The van der Waals surface area contributed by atoms with Crippen LogP contribution in [0.5, 0.6) is 0 Å². The zero-order valence-corrected chi connectivity index (χ0v) is 19.0. The van der Waals surface area contributed by atoms with Gasteiger partial charge in [0.05, 0.1) is 24.4 Å². The lowest BCUT2D eigenvalue weighted by molar-refractivity contribution is -0.0758. The van der Waals surface area contributed by atoms with Crippen LogP contribution < -0.4 is 10.7 Å². The van der Waals surface area contributed by atoms with Crippen molar-refractivity contribution < 1.29 is 9.63 Å². The summed E-state index contributed by atoms with van der Waals surface area (Å²) in [4.78, 5) is 37.7. The maximum absolute atomic E-state index is 13.3. The largest absolute Gasteiger partial charge is 0.380 e. The number of nitrogens with zero attached hydrogens (tertiary/aromatic N) is 4. The molecule has 0 spiro atoms. The van der Waals surface area contributed by atoms with E-state index in [9.17, 15) is 9.59 Å². The van der Waals surface area contributed by atoms with Gasteiger partial charge in [0.2, 0.25) is 5.43 Å². The molecule has 0 atom stereocenters. The van der Waals surface area contributed by atoms with E-state index in [0.717, 1.165) is 30.1 Å². The Morgan fingerprint density at radius 2 is 1.91 bits per heavy atom. The number of aromatic nitrogens is 2. The van der Waals surface area contributed by atoms with Crippen LogP contribution >= 0.6 is 0 Å². The van der Waals surface area contributed by atoms with Gasteiger partial charge in [-0.1, -0.05) is 24.3 Å². The van der Waals surface area contributed by atoms with Gasteiger partial charge in [-0.05, 0) is 44.1 Å². The lowest BCUT2D eigenvalue weighted by Crippen LogP contribution is -2.32. The predicted octanol–water partition coefficient (Wildman–Crippen LogP) is 2.17. The lowest BCUT2D eigenvalue weighted by atomic mass is 10.1. The SMILES string of the molecule is CON(C)C(=O)c1cn(CCN(C)C)c2ncc(NC3Cc4ccccc4C3)cc2c1=O. The third-order valence-corrected chi connectivity index (χ3v) is 5.91. The van der Waals surface area contributed by atoms with Crippen LogP contribution in [0, 0.1) is 0 Å². The highest BCUT2D eigenvalue weighted by Crippen LogP contribution is 2.25. The number of carbonyl (C=O) groups is 1. The Labute approximate surface area is 187 Å². The molecule has 2 aromatic heterocycles. The quantitative estimate of drug-likeness (QED) is 0.573. The van der Waals surface area contributed by atoms with Crippen molar-refractivity contribution in [3.63, 3.8) is 0 Å². The number of benzene rings is 1. The van der Waals surface area contributed by atoms with Gasteiger partial charge in [0.25, 0.3) is 5.91 Å². The van der Waals surface area contributed by atoms with Gasteiger partial charge in [-0.25, -0.2) is 10.0 Å². The number of pyridine rings is 2. The van der Waals surface area contributed by atoms with E-state index >= 15 is 0 Å². The summed E-state index contributed by atoms with van der Waals surface area (Å²) in [6.45, 7) is 1.34. The van der Waals surface area contributed by atoms with Crippen LogP contribution in [-0.2, 0) is 24.2 Å². The van der Waals surface area contributed by atoms with Crippen molar-refractivity contribution in [3.05, 3.63) is 69.6 Å². The second-order valence-electron chi connectivity index (χ2n) is 8.47. The highest BCUT2D eigenvalue weighted by molar-refractivity contribution is 5.96. The summed E-state index contributed by atoms with van der Waals surface area (Å²) in [5, 5.41) is 5.00. The summed E-state index contributed by atoms with van der Waals surface area (Å²) in [6.07, 6.45) is 5.20. The number of likely N-dealkylation sites (N-methyl/N-ethyl adjacent to an activating group) is 1. The van der Waals surface area contributed by atoms with Crippen LogP contribution in [0.3, 0.4) is 0 Å². The Kier molecular flexibility index (Phi) is 6.25. The van der Waals surface area contributed by atoms with Gasteiger partial charge < -0.3 is 14.8 Å². The van der Waals surface area contributed by atoms with E-state index in [2.05, 4.69) is 34.6 Å². The molecule has 1 aliphatic rings. The Morgan fingerprint density at radius 1 is 1.22 bits per heavy atom. The molecule has 168 valence electrons. The number of anilines is 1. The molecule has 8 heteroatoms. The molecule has 1 aliphatic carbocycles. The van der Waals surface area contributed by atoms with Gasteiger partial charge in [0.15, 0.2) is 0 Å². The molecule has 2 heterocycles. The Bertz CT molecular complexity index is 1180. The fraction of sp³-hybridized carbons (Fsp3) is 0.375. The van der Waals surface area contributed by atoms with Crippen molar-refractivity contribution in [1.29, 1.82) is 0 Å². The number of fused-ring (bicyclic) bond motifs is 2. The van der Waals surface area contributed by atoms with Crippen molar-refractivity contribution >= 4 is 22.6 Å². The zero-order chi connectivity index (χ0) is 22.8. The van der Waals surface area contributed by atoms with E-state index < -0.39 is 5.91 Å². The fourth-order valence-corrected chi connectivity index (χ4v) is 4.13. The minimum atomic E-state index is -0.484. The number of hydrogen-bond acceptors (Lipinski definition) is 6. The van der Waals surface area contributed by atoms with Crippen LogP contribution in [0.1, 0.15) is 21.5 Å². The van der Waals surface area contributed by atoms with E-state index in [4.69, 9.17) is 4.84 Å². The minimum Gasteiger partial charge on any atom is -0.380 e. The fourth-order valence-electron chi connectivity index (χ4n) is 4.13. The highest BCUT2D eigenvalue weighted by atomic mass is 16.7. The average Bonchev–Trinajstić information content (AvgIpc) is 3.20. The van der Waals surface area contributed by atoms with Gasteiger partial charge in [0.1, 0.15) is 11.2 Å². The summed E-state index contributed by atoms with van der Waals surface area (Å²) in [5.74, 6) is -0.484. The first-order valence-corrected chi connectivity index (χ1v) is 10.7. The van der Waals surface area contributed by atoms with Crippen LogP contribution in [0.25, 0.3) is 11.0 Å². The van der Waals surface area contributed by atoms with Gasteiger partial charge in [-0.15, -0.1) is 0 Å². The van der Waals surface area contributed by atoms with Gasteiger partial charge >= 0.3 is 0 Å². The molecule has 32 heavy (non-hydrogen) atoms. The van der Waals surface area contributed by atoms with Crippen molar-refractivity contribution in [2.75, 3.05) is 40.1 Å². The van der Waals surface area contributed by atoms with E-state index in [1.807, 2.05) is 29.6 Å². The summed E-state index contributed by atoms with van der Waals surface area (Å²) in [7, 11) is 6.84. The molecule has 0 fully saturated rings. The topological polar surface area (TPSA) is 79.7 Å². The van der Waals surface area contributed by atoms with Gasteiger partial charge in [-0.3, -0.25) is 14.4 Å². The number of carbonyl (C=O) groups excluding carboxylic acids is 1. The molecule has 0 bridgehead atoms. The summed E-state index contributed by atoms with van der Waals surface area (Å²) in [6, 6.07) is 10.5. The van der Waals surface area contributed by atoms with Crippen LogP contribution in [0.15, 0.2) is 47.5 Å². The van der Waals surface area contributed by atoms with Crippen molar-refractivity contribution in [2.24, 2.45) is 0 Å². The molecule has 1 N–H and O–H groups in total. The minimum absolute atomic E-state index is 0.0628. The molecule has 0 saturated carbocycles. The Balaban J connectivity index is 1.71. The van der Waals surface area contributed by atoms with E-state index in [1.54, 1.807) is 12.4 Å². The molecule has 1 amide bonds. The number of amides is 1. The smallest absolute Gasteiger partial charge is 0.282 e. The normalized spacial score (nSPS) is 13.5. The molecule has 0 aliphatic heterocycles. The van der Waals surface area contributed by atoms with Crippen molar-refractivity contribution in [2.45, 2.75) is 25.4 Å². The molecule has 4 rings (SSSR count). The maximum atomic E-state index is 13.3. The molecule has 0 saturated heterocycles. The number of rotatable bonds is 7. The number of hydroxylamine groups is 2. The van der Waals surface area contributed by atoms with Gasteiger partial charge in [0, 0.05) is 32.4 Å². The Morgan fingerprint density at radius 3 is 2.53 bits per heavy atom. The molecular weight excluding hydrogens is 406 g/mol. The lowest BCUT2D eigenvalue weighted by Gasteiger charge is -2.19. The molecular formula is C24H29N5O3. The van der Waals surface area contributed by atoms with Gasteiger partial charge in [-0.2, -0.15) is 0 Å². The first kappa shape index (κ1) is 22.0. The standard InChI is InChI=1S/C24H29N5O3/c1-27(2)9-10-29-15-21(24(31)28(3)32-4)22(30)20-13-19(14-25-23(20)29)26-18-11-16-7-5-6-8-17(16)12-18/h5-8,13-15,18,26H,9-12H2,1-4H3. The third-order valence-electron chi connectivity index (χ3n) is 5.91. The van der Waals surface area contributed by atoms with Crippen molar-refractivity contribution in [1.82, 2.24) is 19.5 Å². The molecule has 8 nitrogen and oxygen atoms in total. The van der Waals surface area contributed by atoms with Crippen LogP contribution in [-0.4, -0.2) is 66.3 Å². The summed E-state index contributed by atoms with van der Waals surface area (Å²) < 4.78 is 1.86. The molecule has 1 aromatic carbocycles. The highest BCUT2D eigenvalue weighted by Gasteiger charge is 2.23. The first-order valence-electron chi connectivity index (χ1n) is 10.7. The average molecular weight is 436 g/mol. The molecule has 0 unspecified atom stereocenters. The summed E-state index contributed by atoms with van der Waals surface area (Å²) >= 11 is 0. The van der Waals surface area contributed by atoms with Crippen LogP contribution in [0.2, 0.25) is 0 Å². The number of hydrogen-bond donors (Lipinski definition) is 1. The van der Waals surface area contributed by atoms with Crippen molar-refractivity contribution in [3.8, 4) is 0 Å². The van der Waals surface area contributed by atoms with Crippen LogP contribution in [0.4, 0.5) is 5.69 Å². The number of nitrogens with one attached hydrogen (secondary N) is 1. The maximum Gasteiger partial charge on any atom is 0.282 e. The molecule has 0 radical (unpaired) electrons. The second kappa shape index (κ2) is 9.10. The summed E-state index contributed by atoms with van der Waals surface area (Å²) in [5.41, 5.74) is 3.75. The second-order valence-corrected chi connectivity index (χ2v) is 8.47. The monoisotopic (exact) mass is 435 g/mol. The Hall–Kier alpha value is -3.23.